The van der Waals surface area contributed by atoms with Crippen LogP contribution in [0.5, 0.6) is 5.75 Å². The molecule has 0 aliphatic heterocycles. The molecule has 6 nitrogen and oxygen atoms in total. The first-order chi connectivity index (χ1) is 13.3. The van der Waals surface area contributed by atoms with Gasteiger partial charge in [-0.2, -0.15) is 4.31 Å². The Hall–Kier alpha value is -2.64. The van der Waals surface area contributed by atoms with E-state index in [1.54, 1.807) is 39.2 Å². The maximum Gasteiger partial charge on any atom is 0.248 e. The minimum atomic E-state index is -3.59. The number of nitrogens with zero attached hydrogens (tertiary/aromatic N) is 1. The molecule has 2 aromatic rings. The Morgan fingerprint density at radius 2 is 1.75 bits per heavy atom. The summed E-state index contributed by atoms with van der Waals surface area (Å²) in [6.45, 7) is 6.18. The predicted molar refractivity (Wildman–Crippen MR) is 112 cm³/mol. The van der Waals surface area contributed by atoms with Crippen LogP contribution in [0.4, 0.5) is 5.69 Å². The third-order valence-corrected chi connectivity index (χ3v) is 6.40. The minimum absolute atomic E-state index is 0.163. The van der Waals surface area contributed by atoms with Gasteiger partial charge in [-0.15, -0.1) is 0 Å². The molecule has 0 atom stereocenters. The van der Waals surface area contributed by atoms with Crippen LogP contribution in [0.1, 0.15) is 25.0 Å². The number of carbonyl (C=O) groups excluding carboxylic acids is 1. The Morgan fingerprint density at radius 1 is 1.11 bits per heavy atom. The number of benzene rings is 2. The van der Waals surface area contributed by atoms with E-state index in [0.717, 1.165) is 16.9 Å². The van der Waals surface area contributed by atoms with Gasteiger partial charge in [0.2, 0.25) is 15.9 Å². The van der Waals surface area contributed by atoms with Crippen molar-refractivity contribution in [2.24, 2.45) is 0 Å². The molecule has 0 bridgehead atoms. The highest BCUT2D eigenvalue weighted by Crippen LogP contribution is 2.23. The van der Waals surface area contributed by atoms with Crippen LogP contribution in [-0.4, -0.2) is 38.8 Å². The summed E-state index contributed by atoms with van der Waals surface area (Å²) in [4.78, 5) is 12.4. The second kappa shape index (κ2) is 9.52. The van der Waals surface area contributed by atoms with Gasteiger partial charge in [0.25, 0.3) is 0 Å². The quantitative estimate of drug-likeness (QED) is 0.684. The van der Waals surface area contributed by atoms with Crippen LogP contribution in [0.25, 0.3) is 6.08 Å². The van der Waals surface area contributed by atoms with Gasteiger partial charge in [0, 0.05) is 24.9 Å². The van der Waals surface area contributed by atoms with Gasteiger partial charge in [-0.25, -0.2) is 8.42 Å². The first kappa shape index (κ1) is 21.7. The largest absolute Gasteiger partial charge is 0.497 e. The molecule has 1 N–H and O–H groups in total. The molecular formula is C21H26N2O4S. The van der Waals surface area contributed by atoms with E-state index < -0.39 is 10.0 Å². The number of aryl methyl sites for hydroxylation is 1. The Labute approximate surface area is 166 Å². The van der Waals surface area contributed by atoms with Gasteiger partial charge < -0.3 is 10.1 Å². The maximum atomic E-state index is 12.7. The van der Waals surface area contributed by atoms with Crippen molar-refractivity contribution in [3.05, 3.63) is 59.7 Å². The first-order valence-electron chi connectivity index (χ1n) is 9.05. The number of anilines is 1. The second-order valence-electron chi connectivity index (χ2n) is 6.16. The van der Waals surface area contributed by atoms with Crippen molar-refractivity contribution in [1.82, 2.24) is 4.31 Å². The van der Waals surface area contributed by atoms with E-state index in [-0.39, 0.29) is 10.8 Å². The normalized spacial score (nSPS) is 11.8. The molecule has 0 aromatic heterocycles. The number of rotatable bonds is 8. The third kappa shape index (κ3) is 5.21. The summed E-state index contributed by atoms with van der Waals surface area (Å²) < 4.78 is 31.9. The van der Waals surface area contributed by atoms with Crippen LogP contribution in [-0.2, 0) is 14.8 Å². The highest BCUT2D eigenvalue weighted by molar-refractivity contribution is 7.89. The number of nitrogens with one attached hydrogen (secondary N) is 1. The molecule has 1 amide bonds. The van der Waals surface area contributed by atoms with Gasteiger partial charge in [0.05, 0.1) is 12.0 Å². The van der Waals surface area contributed by atoms with Crippen molar-refractivity contribution >= 4 is 27.7 Å². The van der Waals surface area contributed by atoms with Crippen molar-refractivity contribution in [3.8, 4) is 5.75 Å². The summed E-state index contributed by atoms with van der Waals surface area (Å²) in [5, 5.41) is 2.76. The van der Waals surface area contributed by atoms with Crippen molar-refractivity contribution in [3.63, 3.8) is 0 Å². The molecule has 0 saturated heterocycles. The van der Waals surface area contributed by atoms with E-state index in [9.17, 15) is 13.2 Å². The number of hydrogen-bond donors (Lipinski definition) is 1. The van der Waals surface area contributed by atoms with E-state index in [4.69, 9.17) is 4.74 Å². The van der Waals surface area contributed by atoms with E-state index >= 15 is 0 Å². The van der Waals surface area contributed by atoms with E-state index in [1.165, 1.54) is 16.4 Å². The SMILES string of the molecule is CCN(CC)S(=O)(=O)c1ccc(C)c(NC(=O)C=Cc2ccc(OC)cc2)c1. The standard InChI is InChI=1S/C21H26N2O4S/c1-5-23(6-2)28(25,26)19-13-7-16(3)20(15-19)22-21(24)14-10-17-8-11-18(27-4)12-9-17/h7-15H,5-6H2,1-4H3,(H,22,24). The maximum absolute atomic E-state index is 12.7. The minimum Gasteiger partial charge on any atom is -0.497 e. The molecule has 28 heavy (non-hydrogen) atoms. The third-order valence-electron chi connectivity index (χ3n) is 4.35. The monoisotopic (exact) mass is 402 g/mol. The number of ether oxygens (including phenoxy) is 1. The number of carbonyl (C=O) groups is 1. The average molecular weight is 403 g/mol. The van der Waals surface area contributed by atoms with Gasteiger partial charge in [-0.3, -0.25) is 4.79 Å². The van der Waals surface area contributed by atoms with Gasteiger partial charge in [0.1, 0.15) is 5.75 Å². The predicted octanol–water partition coefficient (Wildman–Crippen LogP) is 3.69. The van der Waals surface area contributed by atoms with E-state index in [2.05, 4.69) is 5.32 Å². The summed E-state index contributed by atoms with van der Waals surface area (Å²) in [6, 6.07) is 12.1. The van der Waals surface area contributed by atoms with Crippen LogP contribution < -0.4 is 10.1 Å². The fraction of sp³-hybridized carbons (Fsp3) is 0.286. The molecule has 0 aliphatic rings. The summed E-state index contributed by atoms with van der Waals surface area (Å²) in [5.74, 6) is 0.403. The Balaban J connectivity index is 2.18. The zero-order valence-corrected chi connectivity index (χ0v) is 17.4. The molecule has 7 heteroatoms. The highest BCUT2D eigenvalue weighted by Gasteiger charge is 2.22. The summed E-state index contributed by atoms with van der Waals surface area (Å²) >= 11 is 0. The topological polar surface area (TPSA) is 75.7 Å². The molecule has 0 heterocycles. The first-order valence-corrected chi connectivity index (χ1v) is 10.5. The van der Waals surface area contributed by atoms with E-state index in [0.29, 0.717) is 18.8 Å². The second-order valence-corrected chi connectivity index (χ2v) is 8.10. The zero-order valence-electron chi connectivity index (χ0n) is 16.6. The fourth-order valence-electron chi connectivity index (χ4n) is 2.67. The molecular weight excluding hydrogens is 376 g/mol. The lowest BCUT2D eigenvalue weighted by Crippen LogP contribution is -2.30. The fourth-order valence-corrected chi connectivity index (χ4v) is 4.15. The number of sulfonamides is 1. The number of amides is 1. The Bertz CT molecular complexity index is 947. The highest BCUT2D eigenvalue weighted by atomic mass is 32.2. The van der Waals surface area contributed by atoms with Crippen LogP contribution >= 0.6 is 0 Å². The smallest absolute Gasteiger partial charge is 0.248 e. The zero-order chi connectivity index (χ0) is 20.7. The van der Waals surface area contributed by atoms with Crippen LogP contribution in [0.3, 0.4) is 0 Å². The summed E-state index contributed by atoms with van der Waals surface area (Å²) in [5.41, 5.74) is 2.10. The lowest BCUT2D eigenvalue weighted by atomic mass is 10.2. The number of hydrogen-bond acceptors (Lipinski definition) is 4. The number of methoxy groups -OCH3 is 1. The molecule has 0 saturated carbocycles. The van der Waals surface area contributed by atoms with Crippen molar-refractivity contribution in [1.29, 1.82) is 0 Å². The molecule has 0 radical (unpaired) electrons. The van der Waals surface area contributed by atoms with Crippen LogP contribution in [0.2, 0.25) is 0 Å². The molecule has 0 unspecified atom stereocenters. The lowest BCUT2D eigenvalue weighted by Gasteiger charge is -2.19. The molecule has 2 aromatic carbocycles. The molecule has 0 spiro atoms. The molecule has 0 aliphatic carbocycles. The van der Waals surface area contributed by atoms with Gasteiger partial charge in [0.15, 0.2) is 0 Å². The van der Waals surface area contributed by atoms with Crippen molar-refractivity contribution < 1.29 is 17.9 Å². The van der Waals surface area contributed by atoms with Crippen molar-refractivity contribution in [2.45, 2.75) is 25.7 Å². The van der Waals surface area contributed by atoms with Gasteiger partial charge >= 0.3 is 0 Å². The van der Waals surface area contributed by atoms with Crippen LogP contribution in [0.15, 0.2) is 53.4 Å². The Morgan fingerprint density at radius 3 is 2.32 bits per heavy atom. The van der Waals surface area contributed by atoms with Gasteiger partial charge in [-0.05, 0) is 48.4 Å². The summed E-state index contributed by atoms with van der Waals surface area (Å²) in [6.07, 6.45) is 3.09. The Kier molecular flexibility index (Phi) is 7.37. The molecule has 0 fully saturated rings. The van der Waals surface area contributed by atoms with Crippen LogP contribution in [0, 0.1) is 6.92 Å². The molecule has 150 valence electrons. The van der Waals surface area contributed by atoms with E-state index in [1.807, 2.05) is 31.2 Å². The summed E-state index contributed by atoms with van der Waals surface area (Å²) in [7, 11) is -1.99. The molecule has 2 rings (SSSR count). The van der Waals surface area contributed by atoms with Crippen molar-refractivity contribution in [2.75, 3.05) is 25.5 Å². The van der Waals surface area contributed by atoms with Gasteiger partial charge in [-0.1, -0.05) is 32.0 Å². The lowest BCUT2D eigenvalue weighted by molar-refractivity contribution is -0.111. The average Bonchev–Trinajstić information content (AvgIpc) is 2.69.